The Balaban J connectivity index is 1.70. The Kier molecular flexibility index (Phi) is 6.67. The van der Waals surface area contributed by atoms with Crippen LogP contribution in [-0.2, 0) is 19.4 Å². The molecule has 7 heteroatoms. The number of likely N-dealkylation sites (N-methyl/N-ethyl adjacent to an activating group) is 1. The quantitative estimate of drug-likeness (QED) is 0.330. The zero-order valence-electron chi connectivity index (χ0n) is 20.9. The van der Waals surface area contributed by atoms with Crippen molar-refractivity contribution < 1.29 is 4.74 Å². The van der Waals surface area contributed by atoms with E-state index in [4.69, 9.17) is 26.4 Å². The van der Waals surface area contributed by atoms with Crippen molar-refractivity contribution in [1.29, 1.82) is 0 Å². The van der Waals surface area contributed by atoms with Crippen LogP contribution in [0.1, 0.15) is 28.9 Å². The monoisotopic (exact) mass is 489 g/mol. The number of anilines is 1. The maximum atomic E-state index is 6.72. The van der Waals surface area contributed by atoms with E-state index in [1.165, 1.54) is 16.8 Å². The van der Waals surface area contributed by atoms with E-state index >= 15 is 0 Å². The van der Waals surface area contributed by atoms with Crippen molar-refractivity contribution in [2.24, 2.45) is 0 Å². The molecule has 2 heterocycles. The van der Waals surface area contributed by atoms with Gasteiger partial charge in [-0.1, -0.05) is 41.9 Å². The van der Waals surface area contributed by atoms with Crippen LogP contribution in [0.4, 0.5) is 5.82 Å². The van der Waals surface area contributed by atoms with Gasteiger partial charge in [-0.15, -0.1) is 0 Å². The highest BCUT2D eigenvalue weighted by Crippen LogP contribution is 2.39. The first kappa shape index (κ1) is 23.6. The largest absolute Gasteiger partial charge is 0.497 e. The van der Waals surface area contributed by atoms with Crippen molar-refractivity contribution in [2.45, 2.75) is 32.7 Å². The lowest BCUT2D eigenvalue weighted by molar-refractivity contribution is 0.411. The summed E-state index contributed by atoms with van der Waals surface area (Å²) in [7, 11) is 5.89. The molecular weight excluding hydrogens is 458 g/mol. The van der Waals surface area contributed by atoms with E-state index in [0.717, 1.165) is 72.9 Å². The van der Waals surface area contributed by atoms with Gasteiger partial charge in [-0.3, -0.25) is 0 Å². The smallest absolute Gasteiger partial charge is 0.165 e. The number of aryl methyl sites for hydroxylation is 2. The topological polar surface area (TPSA) is 45.9 Å². The average Bonchev–Trinajstić information content (AvgIpc) is 3.44. The zero-order chi connectivity index (χ0) is 24.5. The number of benzene rings is 2. The predicted molar refractivity (Wildman–Crippen MR) is 143 cm³/mol. The minimum Gasteiger partial charge on any atom is -0.497 e. The van der Waals surface area contributed by atoms with Crippen molar-refractivity contribution in [3.8, 4) is 16.9 Å². The van der Waals surface area contributed by atoms with Gasteiger partial charge in [0.25, 0.3) is 0 Å². The van der Waals surface area contributed by atoms with Crippen molar-refractivity contribution >= 4 is 23.1 Å². The third-order valence-electron chi connectivity index (χ3n) is 6.71. The lowest BCUT2D eigenvalue weighted by Gasteiger charge is -2.29. The van der Waals surface area contributed by atoms with Crippen LogP contribution >= 0.6 is 11.6 Å². The standard InChI is InChI=1S/C28H32ClN5O/c1-19-26(22-14-13-21(35-4)17-24(22)29)27-30-25-12-8-11-23(25)28(34(27)31-19)33(16-15-32(2)3)18-20-9-6-5-7-10-20/h5-7,9-10,13-14,17H,8,11-12,15-16,18H2,1-4H3. The van der Waals surface area contributed by atoms with E-state index in [2.05, 4.69) is 58.7 Å². The van der Waals surface area contributed by atoms with E-state index < -0.39 is 0 Å². The molecule has 0 N–H and O–H groups in total. The molecule has 0 atom stereocenters. The van der Waals surface area contributed by atoms with Crippen molar-refractivity contribution in [3.05, 3.63) is 76.1 Å². The second-order valence-corrected chi connectivity index (χ2v) is 9.87. The Bertz CT molecular complexity index is 1350. The summed E-state index contributed by atoms with van der Waals surface area (Å²) in [5, 5.41) is 5.69. The first-order valence-corrected chi connectivity index (χ1v) is 12.5. The van der Waals surface area contributed by atoms with Gasteiger partial charge in [-0.05, 0) is 64.0 Å². The summed E-state index contributed by atoms with van der Waals surface area (Å²) in [6, 6.07) is 16.5. The van der Waals surface area contributed by atoms with Crippen LogP contribution in [-0.4, -0.2) is 53.8 Å². The highest BCUT2D eigenvalue weighted by atomic mass is 35.5. The number of fused-ring (bicyclic) bond motifs is 2. The van der Waals surface area contributed by atoms with Crippen LogP contribution < -0.4 is 9.64 Å². The fourth-order valence-electron chi connectivity index (χ4n) is 4.96. The van der Waals surface area contributed by atoms with Gasteiger partial charge >= 0.3 is 0 Å². The second kappa shape index (κ2) is 9.88. The molecule has 0 saturated heterocycles. The lowest BCUT2D eigenvalue weighted by Crippen LogP contribution is -2.33. The van der Waals surface area contributed by atoms with E-state index in [1.807, 2.05) is 25.1 Å². The molecule has 182 valence electrons. The Morgan fingerprint density at radius 3 is 2.57 bits per heavy atom. The molecule has 2 aromatic heterocycles. The molecule has 2 aromatic carbocycles. The Morgan fingerprint density at radius 1 is 1.06 bits per heavy atom. The molecule has 0 unspecified atom stereocenters. The van der Waals surface area contributed by atoms with E-state index in [9.17, 15) is 0 Å². The molecular formula is C28H32ClN5O. The molecule has 35 heavy (non-hydrogen) atoms. The maximum absolute atomic E-state index is 6.72. The molecule has 0 fully saturated rings. The van der Waals surface area contributed by atoms with Crippen molar-refractivity contribution in [1.82, 2.24) is 19.5 Å². The van der Waals surface area contributed by atoms with Gasteiger partial charge in [-0.2, -0.15) is 9.61 Å². The molecule has 0 radical (unpaired) electrons. The molecule has 1 aliphatic rings. The molecule has 4 aromatic rings. The minimum atomic E-state index is 0.639. The maximum Gasteiger partial charge on any atom is 0.165 e. The normalized spacial score (nSPS) is 13.0. The Labute approximate surface area is 212 Å². The summed E-state index contributed by atoms with van der Waals surface area (Å²) in [6.45, 7) is 4.70. The highest BCUT2D eigenvalue weighted by molar-refractivity contribution is 6.33. The van der Waals surface area contributed by atoms with Crippen LogP contribution in [0.15, 0.2) is 48.5 Å². The minimum absolute atomic E-state index is 0.639. The molecule has 5 rings (SSSR count). The first-order valence-electron chi connectivity index (χ1n) is 12.1. The van der Waals surface area contributed by atoms with Gasteiger partial charge in [0.1, 0.15) is 11.6 Å². The van der Waals surface area contributed by atoms with Crippen LogP contribution in [0.25, 0.3) is 16.8 Å². The molecule has 6 nitrogen and oxygen atoms in total. The molecule has 0 bridgehead atoms. The number of methoxy groups -OCH3 is 1. The average molecular weight is 490 g/mol. The number of rotatable bonds is 8. The molecule has 1 aliphatic carbocycles. The van der Waals surface area contributed by atoms with Gasteiger partial charge in [0, 0.05) is 36.5 Å². The highest BCUT2D eigenvalue weighted by Gasteiger charge is 2.28. The van der Waals surface area contributed by atoms with E-state index in [0.29, 0.717) is 5.02 Å². The fourth-order valence-corrected chi connectivity index (χ4v) is 5.23. The van der Waals surface area contributed by atoms with Crippen molar-refractivity contribution in [3.63, 3.8) is 0 Å². The fraction of sp³-hybridized carbons (Fsp3) is 0.357. The van der Waals surface area contributed by atoms with Gasteiger partial charge in [0.05, 0.1) is 23.4 Å². The number of hydrogen-bond donors (Lipinski definition) is 0. The zero-order valence-corrected chi connectivity index (χ0v) is 21.6. The summed E-state index contributed by atoms with van der Waals surface area (Å²) in [5.74, 6) is 1.90. The summed E-state index contributed by atoms with van der Waals surface area (Å²) >= 11 is 6.72. The lowest BCUT2D eigenvalue weighted by atomic mass is 10.1. The summed E-state index contributed by atoms with van der Waals surface area (Å²) in [5.41, 5.74) is 7.49. The van der Waals surface area contributed by atoms with Crippen LogP contribution in [0, 0.1) is 6.92 Å². The number of halogens is 1. The Hall–Kier alpha value is -3.09. The first-order chi connectivity index (χ1) is 17.0. The third-order valence-corrected chi connectivity index (χ3v) is 7.03. The summed E-state index contributed by atoms with van der Waals surface area (Å²) in [6.07, 6.45) is 3.14. The SMILES string of the molecule is COc1ccc(-c2c(C)nn3c(N(CCN(C)C)Cc4ccccc4)c4c(nc23)CCC4)c(Cl)c1. The molecule has 0 aliphatic heterocycles. The predicted octanol–water partition coefficient (Wildman–Crippen LogP) is 5.42. The molecule has 0 amide bonds. The van der Waals surface area contributed by atoms with Gasteiger partial charge in [-0.25, -0.2) is 4.98 Å². The van der Waals surface area contributed by atoms with Gasteiger partial charge < -0.3 is 14.5 Å². The summed E-state index contributed by atoms with van der Waals surface area (Å²) in [4.78, 5) is 9.86. The van der Waals surface area contributed by atoms with E-state index in [-0.39, 0.29) is 0 Å². The van der Waals surface area contributed by atoms with Crippen LogP contribution in [0.5, 0.6) is 5.75 Å². The van der Waals surface area contributed by atoms with Crippen LogP contribution in [0.3, 0.4) is 0 Å². The number of aromatic nitrogens is 3. The molecule has 0 saturated carbocycles. The summed E-state index contributed by atoms with van der Waals surface area (Å²) < 4.78 is 7.43. The number of hydrogen-bond acceptors (Lipinski definition) is 5. The Morgan fingerprint density at radius 2 is 1.86 bits per heavy atom. The number of ether oxygens (including phenoxy) is 1. The van der Waals surface area contributed by atoms with Gasteiger partial charge in [0.2, 0.25) is 0 Å². The van der Waals surface area contributed by atoms with Crippen LogP contribution in [0.2, 0.25) is 5.02 Å². The second-order valence-electron chi connectivity index (χ2n) is 9.47. The van der Waals surface area contributed by atoms with E-state index in [1.54, 1.807) is 7.11 Å². The molecule has 0 spiro atoms. The number of nitrogens with zero attached hydrogens (tertiary/aromatic N) is 5. The third kappa shape index (κ3) is 4.60. The van der Waals surface area contributed by atoms with Gasteiger partial charge in [0.15, 0.2) is 5.65 Å². The van der Waals surface area contributed by atoms with Crippen molar-refractivity contribution in [2.75, 3.05) is 39.2 Å².